The molecule has 1 rings (SSSR count). The van der Waals surface area contributed by atoms with Crippen LogP contribution in [0.3, 0.4) is 0 Å². The predicted molar refractivity (Wildman–Crippen MR) is 72.4 cm³/mol. The highest BCUT2D eigenvalue weighted by Gasteiger charge is 2.18. The lowest BCUT2D eigenvalue weighted by Gasteiger charge is -2.10. The number of benzene rings is 1. The van der Waals surface area contributed by atoms with E-state index in [4.69, 9.17) is 10.4 Å². The first-order valence-corrected chi connectivity index (χ1v) is 7.33. The number of nitriles is 1. The van der Waals surface area contributed by atoms with E-state index in [2.05, 4.69) is 5.32 Å². The van der Waals surface area contributed by atoms with Gasteiger partial charge in [0.25, 0.3) is 5.69 Å². The third-order valence-corrected chi connectivity index (χ3v) is 3.46. The highest BCUT2D eigenvalue weighted by Crippen LogP contribution is 2.25. The predicted octanol–water partition coefficient (Wildman–Crippen LogP) is 1.35. The molecule has 8 nitrogen and oxygen atoms in total. The Labute approximate surface area is 116 Å². The fraction of sp³-hybridized carbons (Fsp3) is 0.364. The number of anilines is 1. The fourth-order valence-corrected chi connectivity index (χ4v) is 2.29. The van der Waals surface area contributed by atoms with E-state index in [1.54, 1.807) is 0 Å². The van der Waals surface area contributed by atoms with Gasteiger partial charge in [-0.25, -0.2) is 13.6 Å². The average Bonchev–Trinajstić information content (AvgIpc) is 2.37. The Bertz CT molecular complexity index is 636. The summed E-state index contributed by atoms with van der Waals surface area (Å²) in [6, 6.07) is 5.44. The molecule has 0 aliphatic carbocycles. The maximum Gasteiger partial charge on any atom is 0.270 e. The van der Waals surface area contributed by atoms with Crippen molar-refractivity contribution >= 4 is 21.4 Å². The van der Waals surface area contributed by atoms with Crippen molar-refractivity contribution in [1.29, 1.82) is 5.26 Å². The van der Waals surface area contributed by atoms with Gasteiger partial charge in [0, 0.05) is 25.1 Å². The number of primary sulfonamides is 1. The zero-order valence-corrected chi connectivity index (χ0v) is 11.4. The molecule has 1 aromatic rings. The van der Waals surface area contributed by atoms with Gasteiger partial charge in [-0.05, 0) is 18.9 Å². The highest BCUT2D eigenvalue weighted by atomic mass is 32.2. The van der Waals surface area contributed by atoms with Crippen LogP contribution >= 0.6 is 0 Å². The summed E-state index contributed by atoms with van der Waals surface area (Å²) >= 11 is 0. The Hall–Kier alpha value is -2.18. The first-order chi connectivity index (χ1) is 9.36. The van der Waals surface area contributed by atoms with Crippen LogP contribution in [0.5, 0.6) is 0 Å². The van der Waals surface area contributed by atoms with Gasteiger partial charge in [-0.15, -0.1) is 0 Å². The molecule has 0 spiro atoms. The highest BCUT2D eigenvalue weighted by molar-refractivity contribution is 7.89. The number of sulfonamides is 1. The standard InChI is InChI=1S/C11H14N4O4S/c12-6-2-1-3-7-14-10-5-4-9(15(16)17)8-11(10)20(13,18)19/h4-5,8,14H,1-3,7H2,(H2,13,18,19). The van der Waals surface area contributed by atoms with Crippen LogP contribution in [0, 0.1) is 21.4 Å². The molecule has 9 heteroatoms. The molecular formula is C11H14N4O4S. The minimum atomic E-state index is -4.06. The van der Waals surface area contributed by atoms with Crippen molar-refractivity contribution in [1.82, 2.24) is 0 Å². The van der Waals surface area contributed by atoms with E-state index in [-0.39, 0.29) is 16.3 Å². The number of nitro groups is 1. The van der Waals surface area contributed by atoms with E-state index in [9.17, 15) is 18.5 Å². The first-order valence-electron chi connectivity index (χ1n) is 5.78. The van der Waals surface area contributed by atoms with E-state index in [0.29, 0.717) is 25.8 Å². The maximum atomic E-state index is 11.4. The minimum Gasteiger partial charge on any atom is -0.384 e. The second-order valence-electron chi connectivity index (χ2n) is 4.02. The largest absolute Gasteiger partial charge is 0.384 e. The van der Waals surface area contributed by atoms with E-state index in [1.807, 2.05) is 6.07 Å². The van der Waals surface area contributed by atoms with Crippen LogP contribution in [-0.4, -0.2) is 19.9 Å². The monoisotopic (exact) mass is 298 g/mol. The van der Waals surface area contributed by atoms with Crippen LogP contribution in [0.2, 0.25) is 0 Å². The molecule has 3 N–H and O–H groups in total. The molecule has 0 unspecified atom stereocenters. The summed E-state index contributed by atoms with van der Waals surface area (Å²) in [7, 11) is -4.06. The van der Waals surface area contributed by atoms with Crippen molar-refractivity contribution in [3.05, 3.63) is 28.3 Å². The number of unbranched alkanes of at least 4 members (excludes halogenated alkanes) is 2. The Morgan fingerprint density at radius 1 is 1.40 bits per heavy atom. The van der Waals surface area contributed by atoms with Gasteiger partial charge < -0.3 is 5.32 Å². The Morgan fingerprint density at radius 3 is 2.65 bits per heavy atom. The molecule has 0 bridgehead atoms. The van der Waals surface area contributed by atoms with Crippen molar-refractivity contribution in [2.45, 2.75) is 24.2 Å². The second kappa shape index (κ2) is 6.83. The summed E-state index contributed by atoms with van der Waals surface area (Å²) < 4.78 is 22.9. The lowest BCUT2D eigenvalue weighted by atomic mass is 10.2. The number of hydrogen-bond donors (Lipinski definition) is 2. The minimum absolute atomic E-state index is 0.218. The molecule has 0 aromatic heterocycles. The number of hydrogen-bond acceptors (Lipinski definition) is 6. The zero-order valence-electron chi connectivity index (χ0n) is 10.6. The van der Waals surface area contributed by atoms with Crippen molar-refractivity contribution in [2.24, 2.45) is 5.14 Å². The van der Waals surface area contributed by atoms with Gasteiger partial charge in [-0.2, -0.15) is 5.26 Å². The van der Waals surface area contributed by atoms with Crippen LogP contribution in [0.1, 0.15) is 19.3 Å². The lowest BCUT2D eigenvalue weighted by Crippen LogP contribution is -2.16. The molecular weight excluding hydrogens is 284 g/mol. The summed E-state index contributed by atoms with van der Waals surface area (Å²) in [5.41, 5.74) is -0.126. The molecule has 0 amide bonds. The number of nitro benzene ring substituents is 1. The summed E-state index contributed by atoms with van der Waals surface area (Å²) in [6.45, 7) is 0.446. The molecule has 0 heterocycles. The summed E-state index contributed by atoms with van der Waals surface area (Å²) in [5, 5.41) is 26.9. The van der Waals surface area contributed by atoms with Crippen molar-refractivity contribution in [2.75, 3.05) is 11.9 Å². The molecule has 0 atom stereocenters. The van der Waals surface area contributed by atoms with Crippen LogP contribution < -0.4 is 10.5 Å². The van der Waals surface area contributed by atoms with Crippen molar-refractivity contribution in [3.8, 4) is 6.07 Å². The number of nitrogens with two attached hydrogens (primary N) is 1. The molecule has 108 valence electrons. The smallest absolute Gasteiger partial charge is 0.270 e. The summed E-state index contributed by atoms with van der Waals surface area (Å²) in [5.74, 6) is 0. The van der Waals surface area contributed by atoms with E-state index >= 15 is 0 Å². The van der Waals surface area contributed by atoms with Gasteiger partial charge >= 0.3 is 0 Å². The van der Waals surface area contributed by atoms with Gasteiger partial charge in [0.2, 0.25) is 10.0 Å². The van der Waals surface area contributed by atoms with Gasteiger partial charge in [-0.3, -0.25) is 10.1 Å². The molecule has 0 aliphatic rings. The van der Waals surface area contributed by atoms with Gasteiger partial charge in [0.15, 0.2) is 0 Å². The maximum absolute atomic E-state index is 11.4. The zero-order chi connectivity index (χ0) is 15.2. The van der Waals surface area contributed by atoms with Crippen LogP contribution in [0.4, 0.5) is 11.4 Å². The van der Waals surface area contributed by atoms with E-state index in [0.717, 1.165) is 6.07 Å². The third-order valence-electron chi connectivity index (χ3n) is 2.51. The van der Waals surface area contributed by atoms with Gasteiger partial charge in [0.05, 0.1) is 16.7 Å². The number of nitrogens with zero attached hydrogens (tertiary/aromatic N) is 2. The van der Waals surface area contributed by atoms with Gasteiger partial charge in [-0.1, -0.05) is 0 Å². The molecule has 0 saturated carbocycles. The molecule has 0 fully saturated rings. The number of non-ortho nitro benzene ring substituents is 1. The third kappa shape index (κ3) is 4.49. The molecule has 20 heavy (non-hydrogen) atoms. The quantitative estimate of drug-likeness (QED) is 0.442. The number of rotatable bonds is 7. The Balaban J connectivity index is 2.91. The SMILES string of the molecule is N#CCCCCNc1ccc([N+](=O)[O-])cc1S(N)(=O)=O. The van der Waals surface area contributed by atoms with Crippen molar-refractivity contribution in [3.63, 3.8) is 0 Å². The Morgan fingerprint density at radius 2 is 2.10 bits per heavy atom. The summed E-state index contributed by atoms with van der Waals surface area (Å²) in [6.07, 6.45) is 1.78. The topological polar surface area (TPSA) is 139 Å². The average molecular weight is 298 g/mol. The number of nitrogens with one attached hydrogen (secondary N) is 1. The van der Waals surface area contributed by atoms with Crippen molar-refractivity contribution < 1.29 is 13.3 Å². The van der Waals surface area contributed by atoms with E-state index in [1.165, 1.54) is 12.1 Å². The lowest BCUT2D eigenvalue weighted by molar-refractivity contribution is -0.385. The molecule has 0 radical (unpaired) electrons. The van der Waals surface area contributed by atoms with Crippen LogP contribution in [0.15, 0.2) is 23.1 Å². The molecule has 0 saturated heterocycles. The second-order valence-corrected chi connectivity index (χ2v) is 5.55. The summed E-state index contributed by atoms with van der Waals surface area (Å²) in [4.78, 5) is 9.64. The van der Waals surface area contributed by atoms with Gasteiger partial charge in [0.1, 0.15) is 4.90 Å². The van der Waals surface area contributed by atoms with Crippen LogP contribution in [0.25, 0.3) is 0 Å². The Kier molecular flexibility index (Phi) is 5.42. The molecule has 1 aromatic carbocycles. The molecule has 0 aliphatic heterocycles. The van der Waals surface area contributed by atoms with Crippen LogP contribution in [-0.2, 0) is 10.0 Å². The van der Waals surface area contributed by atoms with E-state index < -0.39 is 14.9 Å². The normalized spacial score (nSPS) is 10.8. The first kappa shape index (κ1) is 15.9. The fourth-order valence-electron chi connectivity index (χ4n) is 1.56.